The average molecular weight is 277 g/mol. The fourth-order valence-corrected chi connectivity index (χ4v) is 3.80. The van der Waals surface area contributed by atoms with Crippen molar-refractivity contribution in [1.82, 2.24) is 5.32 Å². The van der Waals surface area contributed by atoms with Gasteiger partial charge in [0.15, 0.2) is 0 Å². The second kappa shape index (κ2) is 3.66. The standard InChI is InChI=1S/C15H17ClN2O/c1-18-13-7-6-11(16)8-12(13)15(9-2-3-9,10-4-5-10)17-14(18)19/h6-10H,2-5H2,1H3,(H,17,19). The summed E-state index contributed by atoms with van der Waals surface area (Å²) in [5, 5.41) is 4.07. The Labute approximate surface area is 117 Å². The van der Waals surface area contributed by atoms with E-state index in [4.69, 9.17) is 11.6 Å². The molecule has 2 fully saturated rings. The molecule has 1 aromatic carbocycles. The molecule has 0 saturated heterocycles. The lowest BCUT2D eigenvalue weighted by Crippen LogP contribution is -2.57. The van der Waals surface area contributed by atoms with Crippen LogP contribution in [-0.4, -0.2) is 13.1 Å². The zero-order valence-corrected chi connectivity index (χ0v) is 11.7. The summed E-state index contributed by atoms with van der Waals surface area (Å²) in [5.74, 6) is 1.18. The molecule has 0 spiro atoms. The molecular weight excluding hydrogens is 260 g/mol. The maximum Gasteiger partial charge on any atom is 0.322 e. The predicted octanol–water partition coefficient (Wildman–Crippen LogP) is 3.51. The van der Waals surface area contributed by atoms with Crippen LogP contribution in [0.5, 0.6) is 0 Å². The first kappa shape index (κ1) is 11.6. The number of hydrogen-bond acceptors (Lipinski definition) is 1. The van der Waals surface area contributed by atoms with Crippen LogP contribution in [0.1, 0.15) is 31.2 Å². The molecule has 2 aliphatic carbocycles. The van der Waals surface area contributed by atoms with Crippen LogP contribution in [-0.2, 0) is 5.54 Å². The molecule has 0 radical (unpaired) electrons. The van der Waals surface area contributed by atoms with Crippen LogP contribution >= 0.6 is 11.6 Å². The van der Waals surface area contributed by atoms with E-state index >= 15 is 0 Å². The number of carbonyl (C=O) groups is 1. The second-order valence-electron chi connectivity index (χ2n) is 6.07. The lowest BCUT2D eigenvalue weighted by molar-refractivity contribution is 0.205. The fraction of sp³-hybridized carbons (Fsp3) is 0.533. The first-order chi connectivity index (χ1) is 9.13. The van der Waals surface area contributed by atoms with Crippen LogP contribution in [0.4, 0.5) is 10.5 Å². The molecule has 100 valence electrons. The normalized spacial score (nSPS) is 24.9. The molecule has 1 aliphatic heterocycles. The zero-order valence-electron chi connectivity index (χ0n) is 10.9. The number of anilines is 1. The molecule has 2 saturated carbocycles. The number of nitrogens with one attached hydrogen (secondary N) is 1. The van der Waals surface area contributed by atoms with E-state index in [0.717, 1.165) is 10.7 Å². The molecule has 0 bridgehead atoms. The average Bonchev–Trinajstić information content (AvgIpc) is 3.26. The van der Waals surface area contributed by atoms with Crippen molar-refractivity contribution >= 4 is 23.3 Å². The minimum Gasteiger partial charge on any atom is -0.328 e. The van der Waals surface area contributed by atoms with Crippen LogP contribution < -0.4 is 10.2 Å². The van der Waals surface area contributed by atoms with Gasteiger partial charge in [0, 0.05) is 17.6 Å². The van der Waals surface area contributed by atoms with E-state index < -0.39 is 0 Å². The number of rotatable bonds is 2. The highest BCUT2D eigenvalue weighted by atomic mass is 35.5. The molecule has 0 aromatic heterocycles. The van der Waals surface area contributed by atoms with E-state index in [2.05, 4.69) is 11.4 Å². The Morgan fingerprint density at radius 3 is 2.47 bits per heavy atom. The van der Waals surface area contributed by atoms with E-state index in [1.54, 1.807) is 4.90 Å². The highest BCUT2D eigenvalue weighted by molar-refractivity contribution is 6.30. The first-order valence-corrected chi connectivity index (χ1v) is 7.36. The van der Waals surface area contributed by atoms with Crippen molar-refractivity contribution in [3.05, 3.63) is 28.8 Å². The lowest BCUT2D eigenvalue weighted by atomic mass is 9.78. The smallest absolute Gasteiger partial charge is 0.322 e. The van der Waals surface area contributed by atoms with Gasteiger partial charge in [0.05, 0.1) is 11.2 Å². The van der Waals surface area contributed by atoms with Crippen molar-refractivity contribution in [2.75, 3.05) is 11.9 Å². The van der Waals surface area contributed by atoms with Gasteiger partial charge in [0.25, 0.3) is 0 Å². The summed E-state index contributed by atoms with van der Waals surface area (Å²) < 4.78 is 0. The minimum atomic E-state index is -0.149. The summed E-state index contributed by atoms with van der Waals surface area (Å²) in [6.45, 7) is 0. The molecule has 1 heterocycles. The molecule has 1 N–H and O–H groups in total. The van der Waals surface area contributed by atoms with Gasteiger partial charge in [-0.05, 0) is 55.7 Å². The molecule has 4 heteroatoms. The maximum atomic E-state index is 12.3. The number of halogens is 1. The summed E-state index contributed by atoms with van der Waals surface area (Å²) >= 11 is 6.21. The van der Waals surface area contributed by atoms with Crippen LogP contribution in [0.2, 0.25) is 5.02 Å². The third-order valence-electron chi connectivity index (χ3n) is 4.83. The van der Waals surface area contributed by atoms with Crippen LogP contribution in [0.15, 0.2) is 18.2 Å². The third kappa shape index (κ3) is 1.54. The Morgan fingerprint density at radius 2 is 1.89 bits per heavy atom. The van der Waals surface area contributed by atoms with Crippen molar-refractivity contribution in [2.24, 2.45) is 11.8 Å². The number of amides is 2. The molecule has 2 amide bonds. The van der Waals surface area contributed by atoms with E-state index in [9.17, 15) is 4.79 Å². The van der Waals surface area contributed by atoms with E-state index in [-0.39, 0.29) is 11.6 Å². The SMILES string of the molecule is CN1C(=O)NC(C2CC2)(C2CC2)c2cc(Cl)ccc21. The molecular formula is C15H17ClN2O. The number of urea groups is 1. The predicted molar refractivity (Wildman–Crippen MR) is 75.5 cm³/mol. The quantitative estimate of drug-likeness (QED) is 0.881. The van der Waals surface area contributed by atoms with Gasteiger partial charge in [0.2, 0.25) is 0 Å². The van der Waals surface area contributed by atoms with Crippen molar-refractivity contribution in [1.29, 1.82) is 0 Å². The third-order valence-corrected chi connectivity index (χ3v) is 5.06. The molecule has 4 rings (SSSR count). The van der Waals surface area contributed by atoms with Crippen LogP contribution in [0.3, 0.4) is 0 Å². The van der Waals surface area contributed by atoms with E-state index in [1.807, 2.05) is 19.2 Å². The Morgan fingerprint density at radius 1 is 1.26 bits per heavy atom. The van der Waals surface area contributed by atoms with Gasteiger partial charge in [-0.2, -0.15) is 0 Å². The van der Waals surface area contributed by atoms with Crippen LogP contribution in [0, 0.1) is 11.8 Å². The molecule has 0 unspecified atom stereocenters. The van der Waals surface area contributed by atoms with Gasteiger partial charge in [-0.25, -0.2) is 4.79 Å². The number of hydrogen-bond donors (Lipinski definition) is 1. The maximum absolute atomic E-state index is 12.3. The summed E-state index contributed by atoms with van der Waals surface area (Å²) in [6, 6.07) is 5.94. The molecule has 0 atom stereocenters. The first-order valence-electron chi connectivity index (χ1n) is 6.99. The van der Waals surface area contributed by atoms with Crippen molar-refractivity contribution in [3.63, 3.8) is 0 Å². The Bertz CT molecular complexity index is 551. The summed E-state index contributed by atoms with van der Waals surface area (Å²) in [4.78, 5) is 14.0. The number of carbonyl (C=O) groups excluding carboxylic acids is 1. The summed E-state index contributed by atoms with van der Waals surface area (Å²) in [7, 11) is 1.83. The Balaban J connectivity index is 1.94. The summed E-state index contributed by atoms with van der Waals surface area (Å²) in [5.41, 5.74) is 2.10. The minimum absolute atomic E-state index is 0.0219. The van der Waals surface area contributed by atoms with E-state index in [1.165, 1.54) is 31.2 Å². The Hall–Kier alpha value is -1.22. The zero-order chi connectivity index (χ0) is 13.2. The Kier molecular flexibility index (Phi) is 2.23. The lowest BCUT2D eigenvalue weighted by Gasteiger charge is -2.44. The molecule has 19 heavy (non-hydrogen) atoms. The van der Waals surface area contributed by atoms with Crippen molar-refractivity contribution in [2.45, 2.75) is 31.2 Å². The summed E-state index contributed by atoms with van der Waals surface area (Å²) in [6.07, 6.45) is 4.86. The molecule has 3 aliphatic rings. The highest BCUT2D eigenvalue weighted by Gasteiger charge is 2.59. The largest absolute Gasteiger partial charge is 0.328 e. The van der Waals surface area contributed by atoms with Gasteiger partial charge in [-0.15, -0.1) is 0 Å². The van der Waals surface area contributed by atoms with Gasteiger partial charge in [-0.1, -0.05) is 11.6 Å². The van der Waals surface area contributed by atoms with Gasteiger partial charge in [-0.3, -0.25) is 4.90 Å². The van der Waals surface area contributed by atoms with Gasteiger partial charge < -0.3 is 5.32 Å². The highest BCUT2D eigenvalue weighted by Crippen LogP contribution is 2.60. The molecule has 1 aromatic rings. The number of benzene rings is 1. The van der Waals surface area contributed by atoms with Gasteiger partial charge >= 0.3 is 6.03 Å². The van der Waals surface area contributed by atoms with Crippen molar-refractivity contribution in [3.8, 4) is 0 Å². The second-order valence-corrected chi connectivity index (χ2v) is 6.50. The van der Waals surface area contributed by atoms with Gasteiger partial charge in [0.1, 0.15) is 0 Å². The number of fused-ring (bicyclic) bond motifs is 1. The van der Waals surface area contributed by atoms with Crippen LogP contribution in [0.25, 0.3) is 0 Å². The van der Waals surface area contributed by atoms with Crippen molar-refractivity contribution < 1.29 is 4.79 Å². The monoisotopic (exact) mass is 276 g/mol. The molecule has 3 nitrogen and oxygen atoms in total. The topological polar surface area (TPSA) is 32.3 Å². The number of nitrogens with zero attached hydrogens (tertiary/aromatic N) is 1. The van der Waals surface area contributed by atoms with E-state index in [0.29, 0.717) is 11.8 Å². The fourth-order valence-electron chi connectivity index (χ4n) is 3.62.